The molecule has 3 N–H and O–H groups in total. The fourth-order valence-corrected chi connectivity index (χ4v) is 2.13. The average Bonchev–Trinajstić information content (AvgIpc) is 2.25. The standard InChI is InChI=1S/C9H12N2O5S/c12-8-4-3-7(6-10-8)17(15,16)11-5-1-2-9(13)14/h3-4,6,11H,1-2,5H2,(H,10,12)(H,13,14). The van der Waals surface area contributed by atoms with E-state index in [1.54, 1.807) is 0 Å². The summed E-state index contributed by atoms with van der Waals surface area (Å²) in [6.07, 6.45) is 1.19. The molecule has 0 aliphatic carbocycles. The summed E-state index contributed by atoms with van der Waals surface area (Å²) in [7, 11) is -3.69. The van der Waals surface area contributed by atoms with Gasteiger partial charge in [-0.05, 0) is 12.5 Å². The predicted octanol–water partition coefficient (Wildman–Crippen LogP) is -0.482. The van der Waals surface area contributed by atoms with Gasteiger partial charge in [-0.3, -0.25) is 9.59 Å². The molecule has 8 heteroatoms. The zero-order valence-corrected chi connectivity index (χ0v) is 9.66. The normalized spacial score (nSPS) is 11.3. The largest absolute Gasteiger partial charge is 0.481 e. The van der Waals surface area contributed by atoms with Gasteiger partial charge in [0.1, 0.15) is 0 Å². The van der Waals surface area contributed by atoms with Crippen molar-refractivity contribution in [2.75, 3.05) is 6.54 Å². The van der Waals surface area contributed by atoms with Crippen LogP contribution in [0.5, 0.6) is 0 Å². The Kier molecular flexibility index (Phi) is 4.41. The van der Waals surface area contributed by atoms with Crippen molar-refractivity contribution in [2.45, 2.75) is 17.7 Å². The number of carboxylic acid groups (broad SMARTS) is 1. The fourth-order valence-electron chi connectivity index (χ4n) is 1.09. The van der Waals surface area contributed by atoms with E-state index < -0.39 is 21.6 Å². The maximum absolute atomic E-state index is 11.6. The highest BCUT2D eigenvalue weighted by molar-refractivity contribution is 7.89. The highest BCUT2D eigenvalue weighted by atomic mass is 32.2. The van der Waals surface area contributed by atoms with Crippen molar-refractivity contribution >= 4 is 16.0 Å². The third-order valence-electron chi connectivity index (χ3n) is 1.93. The summed E-state index contributed by atoms with van der Waals surface area (Å²) < 4.78 is 25.5. The van der Waals surface area contributed by atoms with Crippen LogP contribution >= 0.6 is 0 Å². The van der Waals surface area contributed by atoms with Crippen molar-refractivity contribution in [1.82, 2.24) is 9.71 Å². The second kappa shape index (κ2) is 5.60. The van der Waals surface area contributed by atoms with E-state index in [0.717, 1.165) is 12.3 Å². The van der Waals surface area contributed by atoms with E-state index in [1.807, 2.05) is 0 Å². The Morgan fingerprint density at radius 3 is 2.65 bits per heavy atom. The number of pyridine rings is 1. The molecule has 0 fully saturated rings. The molecule has 17 heavy (non-hydrogen) atoms. The summed E-state index contributed by atoms with van der Waals surface area (Å²) >= 11 is 0. The highest BCUT2D eigenvalue weighted by Crippen LogP contribution is 2.03. The van der Waals surface area contributed by atoms with E-state index in [1.165, 1.54) is 6.07 Å². The lowest BCUT2D eigenvalue weighted by Gasteiger charge is -2.05. The van der Waals surface area contributed by atoms with Crippen molar-refractivity contribution in [2.24, 2.45) is 0 Å². The molecule has 1 aromatic rings. The molecular weight excluding hydrogens is 248 g/mol. The molecule has 0 aliphatic heterocycles. The lowest BCUT2D eigenvalue weighted by molar-refractivity contribution is -0.137. The minimum atomic E-state index is -3.69. The van der Waals surface area contributed by atoms with Gasteiger partial charge in [-0.25, -0.2) is 13.1 Å². The molecule has 1 heterocycles. The molecule has 94 valence electrons. The van der Waals surface area contributed by atoms with Gasteiger partial charge in [0.2, 0.25) is 15.6 Å². The van der Waals surface area contributed by atoms with Crippen molar-refractivity contribution in [3.63, 3.8) is 0 Å². The first kappa shape index (κ1) is 13.4. The first-order valence-corrected chi connectivity index (χ1v) is 6.30. The summed E-state index contributed by atoms with van der Waals surface area (Å²) in [6, 6.07) is 2.28. The van der Waals surface area contributed by atoms with E-state index in [9.17, 15) is 18.0 Å². The van der Waals surface area contributed by atoms with E-state index in [2.05, 4.69) is 9.71 Å². The molecule has 0 spiro atoms. The highest BCUT2D eigenvalue weighted by Gasteiger charge is 2.13. The van der Waals surface area contributed by atoms with Crippen LogP contribution in [-0.2, 0) is 14.8 Å². The van der Waals surface area contributed by atoms with Crippen molar-refractivity contribution in [3.8, 4) is 0 Å². The van der Waals surface area contributed by atoms with Gasteiger partial charge in [-0.2, -0.15) is 0 Å². The van der Waals surface area contributed by atoms with Gasteiger partial charge in [-0.1, -0.05) is 0 Å². The van der Waals surface area contributed by atoms with E-state index >= 15 is 0 Å². The monoisotopic (exact) mass is 260 g/mol. The minimum Gasteiger partial charge on any atom is -0.481 e. The molecule has 0 bridgehead atoms. The van der Waals surface area contributed by atoms with Crippen LogP contribution < -0.4 is 10.3 Å². The summed E-state index contributed by atoms with van der Waals surface area (Å²) in [6.45, 7) is 0.0355. The first-order valence-electron chi connectivity index (χ1n) is 4.82. The molecule has 0 amide bonds. The SMILES string of the molecule is O=C(O)CCCNS(=O)(=O)c1ccc(=O)[nH]c1. The topological polar surface area (TPSA) is 116 Å². The number of rotatable bonds is 6. The molecule has 0 atom stereocenters. The molecule has 0 saturated heterocycles. The van der Waals surface area contributed by atoms with E-state index in [-0.39, 0.29) is 24.3 Å². The molecule has 0 radical (unpaired) electrons. The van der Waals surface area contributed by atoms with Crippen molar-refractivity contribution in [1.29, 1.82) is 0 Å². The second-order valence-electron chi connectivity index (χ2n) is 3.28. The lowest BCUT2D eigenvalue weighted by atomic mass is 10.3. The van der Waals surface area contributed by atoms with Crippen LogP contribution in [-0.4, -0.2) is 31.0 Å². The number of hydrogen-bond acceptors (Lipinski definition) is 4. The first-order chi connectivity index (χ1) is 7.92. The van der Waals surface area contributed by atoms with Gasteiger partial charge in [0.05, 0.1) is 4.90 Å². The Morgan fingerprint density at radius 1 is 1.41 bits per heavy atom. The number of nitrogens with one attached hydrogen (secondary N) is 2. The predicted molar refractivity (Wildman–Crippen MR) is 59.1 cm³/mol. The molecule has 7 nitrogen and oxygen atoms in total. The van der Waals surface area contributed by atoms with Gasteiger partial charge in [0, 0.05) is 25.2 Å². The number of aromatic amines is 1. The Morgan fingerprint density at radius 2 is 2.12 bits per heavy atom. The Hall–Kier alpha value is -1.67. The van der Waals surface area contributed by atoms with Crippen LogP contribution in [0.4, 0.5) is 0 Å². The smallest absolute Gasteiger partial charge is 0.303 e. The van der Waals surface area contributed by atoms with Gasteiger partial charge in [0.15, 0.2) is 0 Å². The van der Waals surface area contributed by atoms with Gasteiger partial charge in [0.25, 0.3) is 0 Å². The summed E-state index contributed by atoms with van der Waals surface area (Å²) in [4.78, 5) is 23.1. The number of hydrogen-bond donors (Lipinski definition) is 3. The third-order valence-corrected chi connectivity index (χ3v) is 3.38. The number of carboxylic acids is 1. The Bertz CT molecular complexity index is 528. The molecule has 0 unspecified atom stereocenters. The Balaban J connectivity index is 2.60. The molecule has 1 rings (SSSR count). The Labute approximate surface area is 97.5 Å². The molecule has 0 aliphatic rings. The average molecular weight is 260 g/mol. The number of carbonyl (C=O) groups is 1. The van der Waals surface area contributed by atoms with Crippen LogP contribution in [0.2, 0.25) is 0 Å². The molecular formula is C9H12N2O5S. The van der Waals surface area contributed by atoms with Crippen molar-refractivity contribution in [3.05, 3.63) is 28.7 Å². The third kappa shape index (κ3) is 4.37. The quantitative estimate of drug-likeness (QED) is 0.597. The molecule has 0 aromatic carbocycles. The zero-order chi connectivity index (χ0) is 12.9. The zero-order valence-electron chi connectivity index (χ0n) is 8.84. The number of sulfonamides is 1. The number of H-pyrrole nitrogens is 1. The van der Waals surface area contributed by atoms with Crippen LogP contribution in [0, 0.1) is 0 Å². The van der Waals surface area contributed by atoms with Crippen LogP contribution in [0.25, 0.3) is 0 Å². The van der Waals surface area contributed by atoms with E-state index in [0.29, 0.717) is 0 Å². The van der Waals surface area contributed by atoms with Gasteiger partial charge >= 0.3 is 5.97 Å². The lowest BCUT2D eigenvalue weighted by Crippen LogP contribution is -2.25. The van der Waals surface area contributed by atoms with Gasteiger partial charge < -0.3 is 10.1 Å². The maximum Gasteiger partial charge on any atom is 0.303 e. The fraction of sp³-hybridized carbons (Fsp3) is 0.333. The summed E-state index contributed by atoms with van der Waals surface area (Å²) in [5.41, 5.74) is -0.394. The second-order valence-corrected chi connectivity index (χ2v) is 5.05. The molecule has 0 saturated carbocycles. The maximum atomic E-state index is 11.6. The minimum absolute atomic E-state index is 0.0355. The van der Waals surface area contributed by atoms with Crippen molar-refractivity contribution < 1.29 is 18.3 Å². The van der Waals surface area contributed by atoms with E-state index in [4.69, 9.17) is 5.11 Å². The summed E-state index contributed by atoms with van der Waals surface area (Å²) in [5.74, 6) is -0.978. The summed E-state index contributed by atoms with van der Waals surface area (Å²) in [5, 5.41) is 8.37. The number of aromatic nitrogens is 1. The van der Waals surface area contributed by atoms with Crippen LogP contribution in [0.3, 0.4) is 0 Å². The number of aliphatic carboxylic acids is 1. The van der Waals surface area contributed by atoms with Gasteiger partial charge in [-0.15, -0.1) is 0 Å². The van der Waals surface area contributed by atoms with Crippen LogP contribution in [0.15, 0.2) is 28.0 Å². The van der Waals surface area contributed by atoms with Crippen LogP contribution in [0.1, 0.15) is 12.8 Å². The molecule has 1 aromatic heterocycles.